The fourth-order valence-electron chi connectivity index (χ4n) is 4.12. The molecule has 3 heteroatoms. The minimum absolute atomic E-state index is 1.04. The first-order valence-corrected chi connectivity index (χ1v) is 17.6. The third-order valence-corrected chi connectivity index (χ3v) is 10.0. The van der Waals surface area contributed by atoms with Crippen LogP contribution >= 0.6 is 35.3 Å². The molecule has 0 bridgehead atoms. The SMILES string of the molecule is [CH2]CCCc1cc(SCCCCCCC)c(SCCCCCCC)c(SCCCCCCC)c1. The normalized spacial score (nSPS) is 11.4. The molecule has 0 aliphatic heterocycles. The molecule has 0 heterocycles. The van der Waals surface area contributed by atoms with Gasteiger partial charge in [-0.1, -0.05) is 111 Å². The van der Waals surface area contributed by atoms with Crippen molar-refractivity contribution in [3.63, 3.8) is 0 Å². The lowest BCUT2D eigenvalue weighted by molar-refractivity contribution is 0.658. The fourth-order valence-corrected chi connectivity index (χ4v) is 7.93. The highest BCUT2D eigenvalue weighted by Gasteiger charge is 2.13. The lowest BCUT2D eigenvalue weighted by Crippen LogP contribution is -1.95. The van der Waals surface area contributed by atoms with Gasteiger partial charge in [-0.15, -0.1) is 35.3 Å². The van der Waals surface area contributed by atoms with E-state index in [0.29, 0.717) is 0 Å². The Morgan fingerprint density at radius 2 is 0.941 bits per heavy atom. The lowest BCUT2D eigenvalue weighted by Gasteiger charge is -2.17. The van der Waals surface area contributed by atoms with E-state index in [1.165, 1.54) is 132 Å². The van der Waals surface area contributed by atoms with Crippen LogP contribution in [0.5, 0.6) is 0 Å². The second kappa shape index (κ2) is 23.7. The second-order valence-electron chi connectivity index (χ2n) is 9.67. The quantitative estimate of drug-likeness (QED) is 0.0976. The smallest absolute Gasteiger partial charge is 0.0344 e. The number of benzene rings is 1. The van der Waals surface area contributed by atoms with Gasteiger partial charge in [0.1, 0.15) is 0 Å². The minimum Gasteiger partial charge on any atom is -0.125 e. The Balaban J connectivity index is 2.85. The van der Waals surface area contributed by atoms with E-state index in [0.717, 1.165) is 6.42 Å². The highest BCUT2D eigenvalue weighted by Crippen LogP contribution is 2.41. The van der Waals surface area contributed by atoms with Gasteiger partial charge in [0.2, 0.25) is 0 Å². The van der Waals surface area contributed by atoms with Crippen LogP contribution in [0.15, 0.2) is 26.8 Å². The minimum atomic E-state index is 1.04. The Morgan fingerprint density at radius 3 is 1.35 bits per heavy atom. The molecule has 1 rings (SSSR count). The van der Waals surface area contributed by atoms with Crippen molar-refractivity contribution in [2.45, 2.75) is 151 Å². The van der Waals surface area contributed by atoms with Crippen molar-refractivity contribution < 1.29 is 0 Å². The zero-order chi connectivity index (χ0) is 24.7. The van der Waals surface area contributed by atoms with Crippen molar-refractivity contribution in [2.75, 3.05) is 17.3 Å². The maximum Gasteiger partial charge on any atom is 0.0344 e. The predicted molar refractivity (Wildman–Crippen MR) is 163 cm³/mol. The largest absolute Gasteiger partial charge is 0.125 e. The number of unbranched alkanes of at least 4 members (excludes halogenated alkanes) is 13. The van der Waals surface area contributed by atoms with Gasteiger partial charge in [-0.05, 0) is 67.1 Å². The van der Waals surface area contributed by atoms with Gasteiger partial charge in [0.25, 0.3) is 0 Å². The van der Waals surface area contributed by atoms with Crippen LogP contribution in [0.2, 0.25) is 0 Å². The molecule has 1 aromatic carbocycles. The molecular formula is C31H55S3. The molecule has 0 spiro atoms. The second-order valence-corrected chi connectivity index (χ2v) is 13.0. The van der Waals surface area contributed by atoms with Crippen LogP contribution in [0.1, 0.15) is 135 Å². The van der Waals surface area contributed by atoms with Gasteiger partial charge in [0.15, 0.2) is 0 Å². The third-order valence-electron chi connectivity index (χ3n) is 6.30. The average Bonchev–Trinajstić information content (AvgIpc) is 2.85. The fraction of sp³-hybridized carbons (Fsp3) is 0.774. The first-order chi connectivity index (χ1) is 16.8. The van der Waals surface area contributed by atoms with E-state index < -0.39 is 0 Å². The molecule has 34 heavy (non-hydrogen) atoms. The molecule has 0 saturated heterocycles. The molecule has 0 aliphatic rings. The predicted octanol–water partition coefficient (Wildman–Crippen LogP) is 12.0. The van der Waals surface area contributed by atoms with E-state index in [1.54, 1.807) is 14.7 Å². The Kier molecular flexibility index (Phi) is 22.5. The Labute approximate surface area is 227 Å². The van der Waals surface area contributed by atoms with Gasteiger partial charge in [-0.2, -0.15) is 0 Å². The van der Waals surface area contributed by atoms with Gasteiger partial charge in [-0.25, -0.2) is 0 Å². The van der Waals surface area contributed by atoms with Crippen LogP contribution in [-0.4, -0.2) is 17.3 Å². The van der Waals surface area contributed by atoms with Gasteiger partial charge < -0.3 is 0 Å². The number of rotatable bonds is 24. The molecule has 0 nitrogen and oxygen atoms in total. The van der Waals surface area contributed by atoms with Gasteiger partial charge in [-0.3, -0.25) is 0 Å². The standard InChI is InChI=1S/C31H55S3/c1-5-9-13-16-19-23-32-29-26-28(22-12-8-4)27-30(33-24-20-17-14-10-6-2)31(29)34-25-21-18-15-11-7-3/h26-27H,4-25H2,1-3H3. The molecule has 0 aliphatic carbocycles. The van der Waals surface area contributed by atoms with Crippen LogP contribution in [0.4, 0.5) is 0 Å². The van der Waals surface area contributed by atoms with Crippen LogP contribution in [-0.2, 0) is 6.42 Å². The third kappa shape index (κ3) is 16.1. The summed E-state index contributed by atoms with van der Waals surface area (Å²) in [6.45, 7) is 11.0. The molecule has 0 amide bonds. The summed E-state index contributed by atoms with van der Waals surface area (Å²) in [6, 6.07) is 5.08. The summed E-state index contributed by atoms with van der Waals surface area (Å²) in [7, 11) is 0. The summed E-state index contributed by atoms with van der Waals surface area (Å²) in [6.07, 6.45) is 24.0. The summed E-state index contributed by atoms with van der Waals surface area (Å²) in [4.78, 5) is 4.75. The molecule has 0 atom stereocenters. The van der Waals surface area contributed by atoms with E-state index in [2.05, 4.69) is 75.1 Å². The highest BCUT2D eigenvalue weighted by atomic mass is 32.2. The summed E-state index contributed by atoms with van der Waals surface area (Å²) in [5, 5.41) is 0. The molecule has 1 aromatic rings. The van der Waals surface area contributed by atoms with Crippen LogP contribution in [0.25, 0.3) is 0 Å². The number of hydrogen-bond acceptors (Lipinski definition) is 3. The maximum absolute atomic E-state index is 4.09. The Hall–Kier alpha value is 0.270. The zero-order valence-electron chi connectivity index (χ0n) is 22.9. The average molecular weight is 524 g/mol. The number of aryl methyl sites for hydroxylation is 1. The van der Waals surface area contributed by atoms with E-state index in [4.69, 9.17) is 0 Å². The Bertz CT molecular complexity index is 547. The van der Waals surface area contributed by atoms with Crippen LogP contribution < -0.4 is 0 Å². The molecular weight excluding hydrogens is 469 g/mol. The molecule has 0 aromatic heterocycles. The van der Waals surface area contributed by atoms with Crippen molar-refractivity contribution in [3.8, 4) is 0 Å². The summed E-state index contributed by atoms with van der Waals surface area (Å²) in [5.74, 6) is 3.82. The molecule has 0 fully saturated rings. The molecule has 0 N–H and O–H groups in total. The molecule has 197 valence electrons. The van der Waals surface area contributed by atoms with Crippen molar-refractivity contribution in [2.24, 2.45) is 0 Å². The van der Waals surface area contributed by atoms with Crippen molar-refractivity contribution in [3.05, 3.63) is 24.6 Å². The first-order valence-electron chi connectivity index (χ1n) is 14.6. The highest BCUT2D eigenvalue weighted by molar-refractivity contribution is 8.03. The zero-order valence-corrected chi connectivity index (χ0v) is 25.4. The van der Waals surface area contributed by atoms with Crippen LogP contribution in [0, 0.1) is 6.92 Å². The summed E-state index contributed by atoms with van der Waals surface area (Å²) >= 11 is 6.43. The first kappa shape index (κ1) is 32.3. The maximum atomic E-state index is 4.09. The summed E-state index contributed by atoms with van der Waals surface area (Å²) < 4.78 is 0. The van der Waals surface area contributed by atoms with E-state index in [9.17, 15) is 0 Å². The van der Waals surface area contributed by atoms with Gasteiger partial charge in [0, 0.05) is 14.7 Å². The van der Waals surface area contributed by atoms with E-state index in [1.807, 2.05) is 0 Å². The molecule has 0 saturated carbocycles. The van der Waals surface area contributed by atoms with Gasteiger partial charge >= 0.3 is 0 Å². The van der Waals surface area contributed by atoms with Crippen molar-refractivity contribution in [1.29, 1.82) is 0 Å². The molecule has 0 unspecified atom stereocenters. The lowest BCUT2D eigenvalue weighted by atomic mass is 10.1. The van der Waals surface area contributed by atoms with Crippen molar-refractivity contribution >= 4 is 35.3 Å². The van der Waals surface area contributed by atoms with Crippen LogP contribution in [0.3, 0.4) is 0 Å². The Morgan fingerprint density at radius 1 is 0.529 bits per heavy atom. The van der Waals surface area contributed by atoms with Gasteiger partial charge in [0.05, 0.1) is 0 Å². The molecule has 1 radical (unpaired) electrons. The van der Waals surface area contributed by atoms with Crippen molar-refractivity contribution in [1.82, 2.24) is 0 Å². The summed E-state index contributed by atoms with van der Waals surface area (Å²) in [5.41, 5.74) is 1.54. The topological polar surface area (TPSA) is 0 Å². The van der Waals surface area contributed by atoms with E-state index in [-0.39, 0.29) is 0 Å². The monoisotopic (exact) mass is 523 g/mol. The van der Waals surface area contributed by atoms with E-state index >= 15 is 0 Å². The number of hydrogen-bond donors (Lipinski definition) is 0. The number of thioether (sulfide) groups is 3.